The van der Waals surface area contributed by atoms with Crippen LogP contribution in [-0.4, -0.2) is 26.0 Å². The zero-order valence-electron chi connectivity index (χ0n) is 9.10. The Morgan fingerprint density at radius 1 is 1.47 bits per heavy atom. The Balaban J connectivity index is 2.16. The molecule has 0 fully saturated rings. The summed E-state index contributed by atoms with van der Waals surface area (Å²) in [5, 5.41) is 9.03. The van der Waals surface area contributed by atoms with Crippen LogP contribution in [0.3, 0.4) is 0 Å². The van der Waals surface area contributed by atoms with Gasteiger partial charge in [-0.1, -0.05) is 6.08 Å². The van der Waals surface area contributed by atoms with Crippen molar-refractivity contribution in [3.63, 3.8) is 0 Å². The van der Waals surface area contributed by atoms with Crippen molar-refractivity contribution in [1.29, 1.82) is 0 Å². The number of allylic oxidation sites excluding steroid dienone is 2. The lowest BCUT2D eigenvalue weighted by atomic mass is 10.2. The number of hydrogen-bond acceptors (Lipinski definition) is 3. The third-order valence-corrected chi connectivity index (χ3v) is 2.98. The lowest BCUT2D eigenvalue weighted by Gasteiger charge is -2.00. The number of H-pyrrole nitrogens is 1. The Morgan fingerprint density at radius 3 is 3.06 bits per heavy atom. The summed E-state index contributed by atoms with van der Waals surface area (Å²) in [7, 11) is 0. The summed E-state index contributed by atoms with van der Waals surface area (Å²) in [4.78, 5) is 22.4. The molecule has 2 heterocycles. The van der Waals surface area contributed by atoms with Gasteiger partial charge in [0.25, 0.3) is 0 Å². The number of hydrogen-bond donors (Lipinski definition) is 2. The quantitative estimate of drug-likeness (QED) is 0.827. The molecule has 1 aliphatic rings. The van der Waals surface area contributed by atoms with Gasteiger partial charge < -0.3 is 10.1 Å². The third-order valence-electron chi connectivity index (χ3n) is 2.98. The molecule has 0 atom stereocenters. The van der Waals surface area contributed by atoms with Crippen molar-refractivity contribution in [1.82, 2.24) is 15.0 Å². The summed E-state index contributed by atoms with van der Waals surface area (Å²) in [6.07, 6.45) is 8.46. The number of carbonyl (C=O) groups is 1. The topological polar surface area (TPSA) is 78.9 Å². The number of aromatic amines is 1. The summed E-state index contributed by atoms with van der Waals surface area (Å²) >= 11 is 0. The van der Waals surface area contributed by atoms with E-state index < -0.39 is 5.97 Å². The van der Waals surface area contributed by atoms with Crippen molar-refractivity contribution >= 4 is 22.7 Å². The van der Waals surface area contributed by atoms with E-state index in [1.807, 2.05) is 0 Å². The fourth-order valence-electron chi connectivity index (χ4n) is 2.11. The van der Waals surface area contributed by atoms with Crippen LogP contribution >= 0.6 is 0 Å². The Labute approximate surface area is 97.2 Å². The van der Waals surface area contributed by atoms with Crippen LogP contribution in [0.15, 0.2) is 18.5 Å². The van der Waals surface area contributed by atoms with Gasteiger partial charge in [-0.05, 0) is 24.8 Å². The van der Waals surface area contributed by atoms with Gasteiger partial charge in [0.1, 0.15) is 11.1 Å². The second-order valence-electron chi connectivity index (χ2n) is 4.08. The van der Waals surface area contributed by atoms with Gasteiger partial charge >= 0.3 is 5.97 Å². The maximum Gasteiger partial charge on any atom is 0.339 e. The summed E-state index contributed by atoms with van der Waals surface area (Å²) in [6.45, 7) is 0. The molecule has 0 spiro atoms. The van der Waals surface area contributed by atoms with E-state index in [1.165, 1.54) is 6.20 Å². The second kappa shape index (κ2) is 3.69. The Hall–Kier alpha value is -2.17. The molecule has 0 amide bonds. The minimum Gasteiger partial charge on any atom is -0.478 e. The summed E-state index contributed by atoms with van der Waals surface area (Å²) in [5.74, 6) is -0.983. The SMILES string of the molecule is O=C(O)c1c[nH]c2ncc(C3=CCCC3)nc12. The molecule has 2 aromatic rings. The molecule has 5 heteroatoms. The largest absolute Gasteiger partial charge is 0.478 e. The minimum atomic E-state index is -0.983. The Morgan fingerprint density at radius 2 is 2.35 bits per heavy atom. The summed E-state index contributed by atoms with van der Waals surface area (Å²) < 4.78 is 0. The molecule has 0 bridgehead atoms. The van der Waals surface area contributed by atoms with Crippen LogP contribution in [-0.2, 0) is 0 Å². The number of fused-ring (bicyclic) bond motifs is 1. The van der Waals surface area contributed by atoms with Crippen molar-refractivity contribution in [3.05, 3.63) is 29.7 Å². The molecular weight excluding hydrogens is 218 g/mol. The Kier molecular flexibility index (Phi) is 2.18. The predicted molar refractivity (Wildman–Crippen MR) is 62.7 cm³/mol. The van der Waals surface area contributed by atoms with E-state index in [4.69, 9.17) is 5.11 Å². The highest BCUT2D eigenvalue weighted by Gasteiger charge is 2.15. The lowest BCUT2D eigenvalue weighted by Crippen LogP contribution is -1.97. The lowest BCUT2D eigenvalue weighted by molar-refractivity contribution is 0.0699. The average Bonchev–Trinajstić information content (AvgIpc) is 2.97. The first-order valence-electron chi connectivity index (χ1n) is 5.52. The Bertz CT molecular complexity index is 628. The molecule has 17 heavy (non-hydrogen) atoms. The van der Waals surface area contributed by atoms with Gasteiger partial charge in [0, 0.05) is 6.20 Å². The van der Waals surface area contributed by atoms with Gasteiger partial charge in [-0.15, -0.1) is 0 Å². The first-order valence-corrected chi connectivity index (χ1v) is 5.52. The molecule has 0 saturated carbocycles. The molecule has 0 saturated heterocycles. The van der Waals surface area contributed by atoms with Crippen molar-refractivity contribution in [2.75, 3.05) is 0 Å². The maximum absolute atomic E-state index is 11.0. The van der Waals surface area contributed by atoms with E-state index in [0.29, 0.717) is 11.2 Å². The van der Waals surface area contributed by atoms with Crippen LogP contribution in [0.2, 0.25) is 0 Å². The van der Waals surface area contributed by atoms with E-state index >= 15 is 0 Å². The normalized spacial score (nSPS) is 15.2. The minimum absolute atomic E-state index is 0.174. The van der Waals surface area contributed by atoms with Gasteiger partial charge in [0.2, 0.25) is 0 Å². The molecule has 0 aromatic carbocycles. The molecule has 1 aliphatic carbocycles. The van der Waals surface area contributed by atoms with E-state index in [2.05, 4.69) is 21.0 Å². The van der Waals surface area contributed by atoms with Crippen LogP contribution in [0.1, 0.15) is 35.3 Å². The molecule has 3 rings (SSSR count). The van der Waals surface area contributed by atoms with E-state index in [1.54, 1.807) is 6.20 Å². The summed E-state index contributed by atoms with van der Waals surface area (Å²) in [5.41, 5.74) is 3.08. The highest BCUT2D eigenvalue weighted by Crippen LogP contribution is 2.27. The zero-order valence-corrected chi connectivity index (χ0v) is 9.10. The fourth-order valence-corrected chi connectivity index (χ4v) is 2.11. The highest BCUT2D eigenvalue weighted by atomic mass is 16.4. The molecule has 2 N–H and O–H groups in total. The molecule has 2 aromatic heterocycles. The first-order chi connectivity index (χ1) is 8.25. The van der Waals surface area contributed by atoms with Gasteiger partial charge in [0.05, 0.1) is 11.9 Å². The summed E-state index contributed by atoms with van der Waals surface area (Å²) in [6, 6.07) is 0. The van der Waals surface area contributed by atoms with Crippen LogP contribution in [0.5, 0.6) is 0 Å². The number of nitrogens with one attached hydrogen (secondary N) is 1. The van der Waals surface area contributed by atoms with Gasteiger partial charge in [-0.2, -0.15) is 0 Å². The molecular formula is C12H11N3O2. The predicted octanol–water partition coefficient (Wildman–Crippen LogP) is 2.22. The van der Waals surface area contributed by atoms with Crippen molar-refractivity contribution in [2.45, 2.75) is 19.3 Å². The fraction of sp³-hybridized carbons (Fsp3) is 0.250. The van der Waals surface area contributed by atoms with Crippen LogP contribution in [0, 0.1) is 0 Å². The third kappa shape index (κ3) is 1.60. The zero-order chi connectivity index (χ0) is 11.8. The number of rotatable bonds is 2. The van der Waals surface area contributed by atoms with Crippen LogP contribution < -0.4 is 0 Å². The number of carboxylic acids is 1. The molecule has 86 valence electrons. The number of aromatic carboxylic acids is 1. The van der Waals surface area contributed by atoms with Gasteiger partial charge in [0.15, 0.2) is 5.65 Å². The number of aromatic nitrogens is 3. The second-order valence-corrected chi connectivity index (χ2v) is 4.08. The van der Waals surface area contributed by atoms with Crippen molar-refractivity contribution in [2.24, 2.45) is 0 Å². The molecule has 5 nitrogen and oxygen atoms in total. The smallest absolute Gasteiger partial charge is 0.339 e. The highest BCUT2D eigenvalue weighted by molar-refractivity contribution is 6.00. The maximum atomic E-state index is 11.0. The molecule has 0 unspecified atom stereocenters. The van der Waals surface area contributed by atoms with Crippen molar-refractivity contribution in [3.8, 4) is 0 Å². The van der Waals surface area contributed by atoms with Crippen LogP contribution in [0.4, 0.5) is 0 Å². The van der Waals surface area contributed by atoms with E-state index in [-0.39, 0.29) is 5.56 Å². The number of nitrogens with zero attached hydrogens (tertiary/aromatic N) is 2. The standard InChI is InChI=1S/C12H11N3O2/c16-12(17)8-5-13-11-10(8)15-9(6-14-11)7-3-1-2-4-7/h3,5-6H,1-2,4H2,(H,13,14)(H,16,17). The monoisotopic (exact) mass is 229 g/mol. The molecule has 0 aliphatic heterocycles. The van der Waals surface area contributed by atoms with E-state index in [0.717, 1.165) is 30.5 Å². The van der Waals surface area contributed by atoms with Crippen LogP contribution in [0.25, 0.3) is 16.7 Å². The van der Waals surface area contributed by atoms with E-state index in [9.17, 15) is 4.79 Å². The molecule has 0 radical (unpaired) electrons. The number of carboxylic acid groups (broad SMARTS) is 1. The van der Waals surface area contributed by atoms with Gasteiger partial charge in [-0.3, -0.25) is 0 Å². The van der Waals surface area contributed by atoms with Crippen molar-refractivity contribution < 1.29 is 9.90 Å². The average molecular weight is 229 g/mol. The first kappa shape index (κ1) is 10.0. The van der Waals surface area contributed by atoms with Gasteiger partial charge in [-0.25, -0.2) is 14.8 Å².